The van der Waals surface area contributed by atoms with E-state index in [2.05, 4.69) is 15.5 Å². The Bertz CT molecular complexity index is 1070. The van der Waals surface area contributed by atoms with Gasteiger partial charge in [-0.25, -0.2) is 8.78 Å². The summed E-state index contributed by atoms with van der Waals surface area (Å²) in [6, 6.07) is 1.67. The molecule has 38 heavy (non-hydrogen) atoms. The summed E-state index contributed by atoms with van der Waals surface area (Å²) >= 11 is 0. The van der Waals surface area contributed by atoms with Gasteiger partial charge in [0.05, 0.1) is 35.2 Å². The summed E-state index contributed by atoms with van der Waals surface area (Å²) in [6.07, 6.45) is -4.83. The smallest absolute Gasteiger partial charge is 0.428 e. The molecule has 0 spiro atoms. The number of aliphatic hydroxyl groups is 1. The molecule has 1 aromatic rings. The van der Waals surface area contributed by atoms with E-state index in [0.29, 0.717) is 43.4 Å². The maximum absolute atomic E-state index is 13.6. The third-order valence-corrected chi connectivity index (χ3v) is 8.16. The highest BCUT2D eigenvalue weighted by Crippen LogP contribution is 2.47. The normalized spacial score (nSPS) is 34.1. The van der Waals surface area contributed by atoms with Crippen molar-refractivity contribution in [3.05, 3.63) is 34.2 Å². The Kier molecular flexibility index (Phi) is 7.01. The number of ether oxygens (including phenoxy) is 3. The third kappa shape index (κ3) is 5.71. The van der Waals surface area contributed by atoms with Crippen molar-refractivity contribution in [3.8, 4) is 5.75 Å². The number of aliphatic hydroxyl groups excluding tert-OH is 1. The largest absolute Gasteiger partial charge is 0.522 e. The highest BCUT2D eigenvalue weighted by atomic mass is 19.4. The lowest BCUT2D eigenvalue weighted by Crippen LogP contribution is -2.65. The van der Waals surface area contributed by atoms with Crippen molar-refractivity contribution >= 4 is 5.91 Å². The molecule has 3 N–H and O–H groups in total. The SMILES string of the molecule is O=C(COC1CC(OC(F)(F)F)C1)NC12CCC(N[N+](=O)[C@H]3C[C@@H](O)c4cc(F)c(F)cc4O3)(CC1)CC2. The van der Waals surface area contributed by atoms with Crippen LogP contribution in [0.1, 0.15) is 69.5 Å². The van der Waals surface area contributed by atoms with Gasteiger partial charge in [-0.1, -0.05) is 0 Å². The first-order valence-electron chi connectivity index (χ1n) is 12.6. The van der Waals surface area contributed by atoms with Crippen LogP contribution in [0.5, 0.6) is 5.75 Å². The van der Waals surface area contributed by atoms with Gasteiger partial charge < -0.3 is 19.9 Å². The maximum Gasteiger partial charge on any atom is 0.522 e. The summed E-state index contributed by atoms with van der Waals surface area (Å²) < 4.78 is 78.7. The number of amides is 1. The highest BCUT2D eigenvalue weighted by molar-refractivity contribution is 5.78. The zero-order valence-electron chi connectivity index (χ0n) is 20.4. The number of hydrazine groups is 1. The first-order valence-corrected chi connectivity index (χ1v) is 12.6. The number of nitrogens with one attached hydrogen (secondary N) is 2. The first-order chi connectivity index (χ1) is 17.8. The predicted molar refractivity (Wildman–Crippen MR) is 118 cm³/mol. The number of benzene rings is 1. The van der Waals surface area contributed by atoms with Gasteiger partial charge in [-0.3, -0.25) is 9.53 Å². The van der Waals surface area contributed by atoms with Crippen molar-refractivity contribution in [1.82, 2.24) is 10.7 Å². The van der Waals surface area contributed by atoms with E-state index in [-0.39, 0.29) is 43.1 Å². The number of fused-ring (bicyclic) bond motifs is 4. The summed E-state index contributed by atoms with van der Waals surface area (Å²) in [4.78, 5) is 25.9. The van der Waals surface area contributed by atoms with Gasteiger partial charge in [0.1, 0.15) is 12.4 Å². The number of alkyl halides is 3. The Hall–Kier alpha value is -2.58. The lowest BCUT2D eigenvalue weighted by Gasteiger charge is -2.51. The Morgan fingerprint density at radius 1 is 1.03 bits per heavy atom. The maximum atomic E-state index is 13.6. The van der Waals surface area contributed by atoms with E-state index < -0.39 is 53.6 Å². The Morgan fingerprint density at radius 3 is 2.26 bits per heavy atom. The van der Waals surface area contributed by atoms with Crippen LogP contribution in [0.15, 0.2) is 12.1 Å². The van der Waals surface area contributed by atoms with Gasteiger partial charge >= 0.3 is 12.6 Å². The molecular weight excluding hydrogens is 521 g/mol. The number of hydrogen-bond donors (Lipinski definition) is 3. The summed E-state index contributed by atoms with van der Waals surface area (Å²) in [5.41, 5.74) is 2.06. The number of carbonyl (C=O) groups excluding carboxylic acids is 1. The van der Waals surface area contributed by atoms with Crippen molar-refractivity contribution in [2.45, 2.75) is 99.8 Å². The van der Waals surface area contributed by atoms with Crippen LogP contribution in [0.2, 0.25) is 0 Å². The topological polar surface area (TPSA) is 109 Å². The molecule has 6 rings (SSSR count). The number of nitroso groups, excluding NO2 is 1. The number of carbonyl (C=O) groups is 1. The molecule has 2 bridgehead atoms. The fourth-order valence-electron chi connectivity index (χ4n) is 5.87. The molecule has 1 aromatic carbocycles. The predicted octanol–water partition coefficient (Wildman–Crippen LogP) is 3.44. The zero-order valence-corrected chi connectivity index (χ0v) is 20.4. The van der Waals surface area contributed by atoms with Gasteiger partial charge in [0, 0.05) is 30.0 Å². The Balaban J connectivity index is 1.08. The van der Waals surface area contributed by atoms with Crippen LogP contribution >= 0.6 is 0 Å². The van der Waals surface area contributed by atoms with Crippen molar-refractivity contribution in [1.29, 1.82) is 0 Å². The van der Waals surface area contributed by atoms with Crippen molar-refractivity contribution in [2.24, 2.45) is 0 Å². The van der Waals surface area contributed by atoms with Crippen LogP contribution in [0, 0.1) is 16.5 Å². The molecule has 0 radical (unpaired) electrons. The van der Waals surface area contributed by atoms with Gasteiger partial charge in [0.15, 0.2) is 16.5 Å². The van der Waals surface area contributed by atoms with Gasteiger partial charge in [-0.15, -0.1) is 18.6 Å². The molecule has 0 aromatic heterocycles. The molecule has 1 amide bonds. The van der Waals surface area contributed by atoms with Crippen molar-refractivity contribution in [3.63, 3.8) is 0 Å². The average molecular weight is 551 g/mol. The number of nitrogens with zero attached hydrogens (tertiary/aromatic N) is 1. The highest BCUT2D eigenvalue weighted by Gasteiger charge is 2.53. The summed E-state index contributed by atoms with van der Waals surface area (Å²) in [7, 11) is 0. The van der Waals surface area contributed by atoms with E-state index in [1.807, 2.05) is 0 Å². The van der Waals surface area contributed by atoms with Crippen LogP contribution < -0.4 is 15.5 Å². The fraction of sp³-hybridized carbons (Fsp3) is 0.708. The molecule has 1 aliphatic heterocycles. The molecular formula is C24H29F5N3O6+. The zero-order chi connectivity index (χ0) is 27.3. The second-order valence-electron chi connectivity index (χ2n) is 10.8. The Labute approximate surface area is 214 Å². The molecule has 210 valence electrons. The van der Waals surface area contributed by atoms with Crippen LogP contribution in [0.25, 0.3) is 0 Å². The molecule has 14 heteroatoms. The molecule has 2 atom stereocenters. The molecule has 0 saturated heterocycles. The third-order valence-electron chi connectivity index (χ3n) is 8.16. The van der Waals surface area contributed by atoms with Gasteiger partial charge in [0.25, 0.3) is 0 Å². The van der Waals surface area contributed by atoms with E-state index in [1.165, 1.54) is 0 Å². The molecule has 5 aliphatic rings. The minimum atomic E-state index is -4.68. The van der Waals surface area contributed by atoms with E-state index in [0.717, 1.165) is 12.1 Å². The Morgan fingerprint density at radius 2 is 1.63 bits per heavy atom. The minimum absolute atomic E-state index is 0.0803. The van der Waals surface area contributed by atoms with Crippen LogP contribution in [-0.4, -0.2) is 58.4 Å². The quantitative estimate of drug-likeness (QED) is 0.259. The lowest BCUT2D eigenvalue weighted by atomic mass is 9.61. The summed E-state index contributed by atoms with van der Waals surface area (Å²) in [5, 5.41) is 13.4. The average Bonchev–Trinajstić information content (AvgIpc) is 2.82. The first kappa shape index (κ1) is 27.0. The number of hydrogen-bond acceptors (Lipinski definition) is 6. The fourth-order valence-corrected chi connectivity index (χ4v) is 5.87. The minimum Gasteiger partial charge on any atom is -0.428 e. The monoisotopic (exact) mass is 550 g/mol. The molecule has 4 aliphatic carbocycles. The standard InChI is InChI=1S/C24H28F5N3O6/c25-16-9-15-18(33)11-21(37-19(15)10-17(16)26)32(35)31-23-4-1-22(2-5-23,3-6-23)30-20(34)12-36-13-7-14(8-13)38-24(27,28)29/h9-10,13-14,18,21,33H,1-8,11-12H2,(H-,30,31,34,35)/p+1/t13?,14?,18-,21-,22?,23?/m1/s1. The molecule has 4 saturated carbocycles. The second-order valence-corrected chi connectivity index (χ2v) is 10.8. The number of halogens is 5. The van der Waals surface area contributed by atoms with Crippen molar-refractivity contribution in [2.75, 3.05) is 6.61 Å². The van der Waals surface area contributed by atoms with Crippen LogP contribution in [-0.2, 0) is 14.3 Å². The van der Waals surface area contributed by atoms with E-state index in [4.69, 9.17) is 9.47 Å². The summed E-state index contributed by atoms with van der Waals surface area (Å²) in [5.74, 6) is -2.69. The molecule has 1 heterocycles. The van der Waals surface area contributed by atoms with Crippen LogP contribution in [0.4, 0.5) is 22.0 Å². The number of rotatable bonds is 8. The molecule has 4 fully saturated rings. The second kappa shape index (κ2) is 9.87. The lowest BCUT2D eigenvalue weighted by molar-refractivity contribution is -0.685. The molecule has 9 nitrogen and oxygen atoms in total. The van der Waals surface area contributed by atoms with E-state index in [9.17, 15) is 36.8 Å². The molecule has 0 unspecified atom stereocenters. The van der Waals surface area contributed by atoms with Gasteiger partial charge in [-0.05, 0) is 44.6 Å². The van der Waals surface area contributed by atoms with E-state index in [1.54, 1.807) is 0 Å². The van der Waals surface area contributed by atoms with Gasteiger partial charge in [0.2, 0.25) is 5.91 Å². The van der Waals surface area contributed by atoms with Gasteiger partial charge in [-0.2, -0.15) is 0 Å². The van der Waals surface area contributed by atoms with E-state index >= 15 is 0 Å². The summed E-state index contributed by atoms with van der Waals surface area (Å²) in [6.45, 7) is -0.254. The van der Waals surface area contributed by atoms with Crippen LogP contribution in [0.3, 0.4) is 0 Å². The van der Waals surface area contributed by atoms with Crippen molar-refractivity contribution < 1.29 is 50.9 Å².